The van der Waals surface area contributed by atoms with Gasteiger partial charge in [-0.3, -0.25) is 0 Å². The van der Waals surface area contributed by atoms with Gasteiger partial charge in [-0.1, -0.05) is 52.2 Å². The highest BCUT2D eigenvalue weighted by atomic mass is 19.1. The number of hydrogen-bond acceptors (Lipinski definition) is 0. The monoisotopic (exact) mass is 236 g/mol. The van der Waals surface area contributed by atoms with Gasteiger partial charge in [0.1, 0.15) is 5.82 Å². The van der Waals surface area contributed by atoms with Crippen LogP contribution in [0.3, 0.4) is 0 Å². The van der Waals surface area contributed by atoms with Crippen LogP contribution in [0, 0.1) is 11.2 Å². The zero-order valence-electron chi connectivity index (χ0n) is 11.4. The number of aryl methyl sites for hydroxylation is 1. The fraction of sp³-hybridized carbons (Fsp3) is 0.625. The number of halogens is 1. The summed E-state index contributed by atoms with van der Waals surface area (Å²) in [5.41, 5.74) is 1.61. The van der Waals surface area contributed by atoms with Crippen molar-refractivity contribution in [2.75, 3.05) is 0 Å². The third kappa shape index (κ3) is 5.86. The smallest absolute Gasteiger partial charge is 0.123 e. The maximum Gasteiger partial charge on any atom is 0.123 e. The van der Waals surface area contributed by atoms with Gasteiger partial charge >= 0.3 is 0 Å². The number of unbranched alkanes of at least 4 members (excludes halogenated alkanes) is 2. The summed E-state index contributed by atoms with van der Waals surface area (Å²) in [6, 6.07) is 6.97. The lowest BCUT2D eigenvalue weighted by atomic mass is 9.84. The molecule has 0 unspecified atom stereocenters. The van der Waals surface area contributed by atoms with Gasteiger partial charge in [-0.15, -0.1) is 0 Å². The Balaban J connectivity index is 2.17. The largest absolute Gasteiger partial charge is 0.207 e. The molecule has 1 aromatic carbocycles. The van der Waals surface area contributed by atoms with Crippen LogP contribution in [0.25, 0.3) is 0 Å². The van der Waals surface area contributed by atoms with E-state index in [0.717, 1.165) is 12.0 Å². The van der Waals surface area contributed by atoms with Crippen molar-refractivity contribution in [2.24, 2.45) is 5.41 Å². The Hall–Kier alpha value is -0.850. The number of benzene rings is 1. The lowest BCUT2D eigenvalue weighted by molar-refractivity contribution is 0.308. The van der Waals surface area contributed by atoms with Crippen LogP contribution in [0.15, 0.2) is 24.3 Å². The van der Waals surface area contributed by atoms with Crippen molar-refractivity contribution in [3.05, 3.63) is 35.6 Å². The molecule has 0 aromatic heterocycles. The van der Waals surface area contributed by atoms with Crippen LogP contribution in [0.5, 0.6) is 0 Å². The fourth-order valence-electron chi connectivity index (χ4n) is 1.98. The molecule has 17 heavy (non-hydrogen) atoms. The predicted octanol–water partition coefficient (Wildman–Crippen LogP) is 5.36. The highest BCUT2D eigenvalue weighted by Gasteiger charge is 2.13. The Kier molecular flexibility index (Phi) is 5.67. The summed E-state index contributed by atoms with van der Waals surface area (Å²) in [6.45, 7) is 6.92. The van der Waals surface area contributed by atoms with Gasteiger partial charge in [0.25, 0.3) is 0 Å². The first-order chi connectivity index (χ1) is 8.03. The van der Waals surface area contributed by atoms with Crippen molar-refractivity contribution >= 4 is 0 Å². The van der Waals surface area contributed by atoms with E-state index in [1.807, 2.05) is 6.07 Å². The Labute approximate surface area is 105 Å². The first kappa shape index (κ1) is 14.2. The molecule has 0 saturated carbocycles. The molecule has 1 heteroatoms. The molecule has 0 aliphatic heterocycles. The Morgan fingerprint density at radius 2 is 1.88 bits per heavy atom. The normalized spacial score (nSPS) is 11.8. The van der Waals surface area contributed by atoms with E-state index in [2.05, 4.69) is 20.8 Å². The Morgan fingerprint density at radius 1 is 1.12 bits per heavy atom. The first-order valence-electron chi connectivity index (χ1n) is 6.78. The fourth-order valence-corrected chi connectivity index (χ4v) is 1.98. The van der Waals surface area contributed by atoms with Gasteiger partial charge in [-0.2, -0.15) is 0 Å². The van der Waals surface area contributed by atoms with Crippen LogP contribution in [0.4, 0.5) is 4.39 Å². The van der Waals surface area contributed by atoms with Crippen molar-refractivity contribution in [3.8, 4) is 0 Å². The lowest BCUT2D eigenvalue weighted by Crippen LogP contribution is -2.08. The second-order valence-electron chi connectivity index (χ2n) is 5.71. The number of rotatable bonds is 7. The van der Waals surface area contributed by atoms with E-state index in [1.54, 1.807) is 12.1 Å². The van der Waals surface area contributed by atoms with Crippen molar-refractivity contribution in [3.63, 3.8) is 0 Å². The van der Waals surface area contributed by atoms with Crippen LogP contribution in [0.2, 0.25) is 0 Å². The molecule has 0 aliphatic carbocycles. The van der Waals surface area contributed by atoms with E-state index in [0.29, 0.717) is 5.41 Å². The number of hydrogen-bond donors (Lipinski definition) is 0. The zero-order chi connectivity index (χ0) is 12.7. The van der Waals surface area contributed by atoms with Gasteiger partial charge in [0.05, 0.1) is 0 Å². The maximum absolute atomic E-state index is 12.9. The van der Waals surface area contributed by atoms with Gasteiger partial charge in [0, 0.05) is 0 Å². The first-order valence-corrected chi connectivity index (χ1v) is 6.78. The summed E-state index contributed by atoms with van der Waals surface area (Å²) < 4.78 is 12.9. The van der Waals surface area contributed by atoms with Crippen LogP contribution < -0.4 is 0 Å². The molecule has 0 fully saturated rings. The van der Waals surface area contributed by atoms with Crippen molar-refractivity contribution in [1.29, 1.82) is 0 Å². The van der Waals surface area contributed by atoms with Crippen molar-refractivity contribution in [1.82, 2.24) is 0 Å². The van der Waals surface area contributed by atoms with Gasteiger partial charge in [0.2, 0.25) is 0 Å². The third-order valence-electron chi connectivity index (χ3n) is 3.67. The summed E-state index contributed by atoms with van der Waals surface area (Å²) >= 11 is 0. The van der Waals surface area contributed by atoms with Crippen LogP contribution in [0.1, 0.15) is 58.4 Å². The topological polar surface area (TPSA) is 0 Å². The molecule has 0 nitrogen and oxygen atoms in total. The minimum atomic E-state index is -0.116. The molecule has 0 amide bonds. The standard InChI is InChI=1S/C16H25F/c1-4-16(2,3)12-7-5-6-9-14-10-8-11-15(17)13-14/h8,10-11,13H,4-7,9,12H2,1-3H3. The van der Waals surface area contributed by atoms with Crippen LogP contribution in [-0.2, 0) is 6.42 Å². The molecule has 0 spiro atoms. The van der Waals surface area contributed by atoms with E-state index < -0.39 is 0 Å². The molecule has 0 heterocycles. The van der Waals surface area contributed by atoms with Gasteiger partial charge in [-0.05, 0) is 42.4 Å². The van der Waals surface area contributed by atoms with Gasteiger partial charge < -0.3 is 0 Å². The van der Waals surface area contributed by atoms with E-state index in [1.165, 1.54) is 38.2 Å². The predicted molar refractivity (Wildman–Crippen MR) is 72.6 cm³/mol. The molecule has 0 atom stereocenters. The molecule has 0 radical (unpaired) electrons. The van der Waals surface area contributed by atoms with Crippen LogP contribution >= 0.6 is 0 Å². The molecule has 0 N–H and O–H groups in total. The summed E-state index contributed by atoms with van der Waals surface area (Å²) in [6.07, 6.45) is 7.26. The molecule has 96 valence electrons. The Bertz CT molecular complexity index is 328. The molecular weight excluding hydrogens is 211 g/mol. The molecule has 0 saturated heterocycles. The Morgan fingerprint density at radius 3 is 2.53 bits per heavy atom. The minimum Gasteiger partial charge on any atom is -0.207 e. The summed E-state index contributed by atoms with van der Waals surface area (Å²) in [5.74, 6) is -0.116. The highest BCUT2D eigenvalue weighted by molar-refractivity contribution is 5.16. The molecule has 1 aromatic rings. The molecule has 0 bridgehead atoms. The highest BCUT2D eigenvalue weighted by Crippen LogP contribution is 2.27. The average Bonchev–Trinajstić information content (AvgIpc) is 2.29. The lowest BCUT2D eigenvalue weighted by Gasteiger charge is -2.22. The second-order valence-corrected chi connectivity index (χ2v) is 5.71. The minimum absolute atomic E-state index is 0.116. The van der Waals surface area contributed by atoms with E-state index >= 15 is 0 Å². The van der Waals surface area contributed by atoms with Gasteiger partial charge in [0.15, 0.2) is 0 Å². The molecular formula is C16H25F. The molecule has 0 aliphatic rings. The quantitative estimate of drug-likeness (QED) is 0.559. The van der Waals surface area contributed by atoms with Gasteiger partial charge in [-0.25, -0.2) is 4.39 Å². The SMILES string of the molecule is CCC(C)(C)CCCCCc1cccc(F)c1. The van der Waals surface area contributed by atoms with E-state index in [-0.39, 0.29) is 5.82 Å². The maximum atomic E-state index is 12.9. The second kappa shape index (κ2) is 6.78. The zero-order valence-corrected chi connectivity index (χ0v) is 11.4. The van der Waals surface area contributed by atoms with E-state index in [9.17, 15) is 4.39 Å². The summed E-state index contributed by atoms with van der Waals surface area (Å²) in [7, 11) is 0. The summed E-state index contributed by atoms with van der Waals surface area (Å²) in [5, 5.41) is 0. The van der Waals surface area contributed by atoms with Crippen LogP contribution in [-0.4, -0.2) is 0 Å². The molecule has 1 rings (SSSR count). The van der Waals surface area contributed by atoms with Crippen molar-refractivity contribution in [2.45, 2.75) is 59.3 Å². The third-order valence-corrected chi connectivity index (χ3v) is 3.67. The van der Waals surface area contributed by atoms with Crippen molar-refractivity contribution < 1.29 is 4.39 Å². The average molecular weight is 236 g/mol. The van der Waals surface area contributed by atoms with E-state index in [4.69, 9.17) is 0 Å². The summed E-state index contributed by atoms with van der Waals surface area (Å²) in [4.78, 5) is 0.